The van der Waals surface area contributed by atoms with Crippen molar-refractivity contribution in [3.8, 4) is 10.6 Å². The Bertz CT molecular complexity index is 1490. The zero-order valence-electron chi connectivity index (χ0n) is 19.6. The van der Waals surface area contributed by atoms with Gasteiger partial charge in [-0.3, -0.25) is 9.69 Å². The molecule has 2 heterocycles. The van der Waals surface area contributed by atoms with Crippen LogP contribution in [0.4, 0.5) is 5.69 Å². The SMILES string of the molecule is Cc1ccc2nc(-c3ccc(NC(=O)CN4CCN(S(=O)(=O)c5ccc(Cl)cc5)CC4)cc3)sc2c1. The van der Waals surface area contributed by atoms with Crippen molar-refractivity contribution in [1.29, 1.82) is 0 Å². The molecule has 1 fully saturated rings. The smallest absolute Gasteiger partial charge is 0.243 e. The molecule has 5 rings (SSSR count). The summed E-state index contributed by atoms with van der Waals surface area (Å²) in [5, 5.41) is 4.37. The van der Waals surface area contributed by atoms with E-state index >= 15 is 0 Å². The normalized spacial score (nSPS) is 15.3. The van der Waals surface area contributed by atoms with Crippen molar-refractivity contribution in [1.82, 2.24) is 14.2 Å². The zero-order valence-corrected chi connectivity index (χ0v) is 22.0. The first-order valence-corrected chi connectivity index (χ1v) is 14.2. The van der Waals surface area contributed by atoms with Gasteiger partial charge in [0.1, 0.15) is 5.01 Å². The Kier molecular flexibility index (Phi) is 7.09. The molecule has 0 saturated carbocycles. The molecule has 0 radical (unpaired) electrons. The Hall–Kier alpha value is -2.82. The van der Waals surface area contributed by atoms with E-state index in [9.17, 15) is 13.2 Å². The number of aryl methyl sites for hydroxylation is 1. The predicted molar refractivity (Wildman–Crippen MR) is 145 cm³/mol. The zero-order chi connectivity index (χ0) is 25.3. The molecule has 3 aromatic carbocycles. The molecule has 1 aromatic heterocycles. The quantitative estimate of drug-likeness (QED) is 0.377. The van der Waals surface area contributed by atoms with Crippen LogP contribution in [0.2, 0.25) is 5.02 Å². The van der Waals surface area contributed by atoms with Gasteiger partial charge >= 0.3 is 0 Å². The minimum absolute atomic E-state index is 0.132. The fraction of sp³-hybridized carbons (Fsp3) is 0.231. The highest BCUT2D eigenvalue weighted by atomic mass is 35.5. The number of carbonyl (C=O) groups excluding carboxylic acids is 1. The molecule has 0 bridgehead atoms. The Labute approximate surface area is 219 Å². The van der Waals surface area contributed by atoms with Crippen LogP contribution in [0.1, 0.15) is 5.56 Å². The van der Waals surface area contributed by atoms with Gasteiger partial charge in [0.15, 0.2) is 0 Å². The lowest BCUT2D eigenvalue weighted by molar-refractivity contribution is -0.117. The van der Waals surface area contributed by atoms with Crippen LogP contribution in [0.5, 0.6) is 0 Å². The topological polar surface area (TPSA) is 82.6 Å². The van der Waals surface area contributed by atoms with Gasteiger partial charge in [-0.05, 0) is 73.2 Å². The first-order valence-electron chi connectivity index (χ1n) is 11.5. The van der Waals surface area contributed by atoms with Crippen LogP contribution in [0.25, 0.3) is 20.8 Å². The first kappa shape index (κ1) is 24.9. The van der Waals surface area contributed by atoms with Crippen molar-refractivity contribution in [2.45, 2.75) is 11.8 Å². The third kappa shape index (κ3) is 5.45. The van der Waals surface area contributed by atoms with E-state index in [4.69, 9.17) is 16.6 Å². The Morgan fingerprint density at radius 1 is 1.00 bits per heavy atom. The van der Waals surface area contributed by atoms with Crippen LogP contribution in [0.3, 0.4) is 0 Å². The monoisotopic (exact) mass is 540 g/mol. The summed E-state index contributed by atoms with van der Waals surface area (Å²) in [5.41, 5.74) is 3.91. The number of aromatic nitrogens is 1. The summed E-state index contributed by atoms with van der Waals surface area (Å²) in [6.07, 6.45) is 0. The minimum Gasteiger partial charge on any atom is -0.325 e. The molecule has 0 spiro atoms. The van der Waals surface area contributed by atoms with Gasteiger partial charge in [0, 0.05) is 42.5 Å². The number of rotatable bonds is 6. The van der Waals surface area contributed by atoms with Gasteiger partial charge in [-0.15, -0.1) is 11.3 Å². The number of fused-ring (bicyclic) bond motifs is 1. The van der Waals surface area contributed by atoms with Gasteiger partial charge in [-0.2, -0.15) is 4.31 Å². The van der Waals surface area contributed by atoms with Crippen molar-refractivity contribution < 1.29 is 13.2 Å². The van der Waals surface area contributed by atoms with E-state index in [0.29, 0.717) is 36.9 Å². The molecular weight excluding hydrogens is 516 g/mol. The molecule has 1 saturated heterocycles. The van der Waals surface area contributed by atoms with Gasteiger partial charge in [-0.25, -0.2) is 13.4 Å². The number of anilines is 1. The number of amides is 1. The molecule has 1 amide bonds. The van der Waals surface area contributed by atoms with E-state index in [0.717, 1.165) is 20.8 Å². The number of benzene rings is 3. The maximum atomic E-state index is 12.8. The van der Waals surface area contributed by atoms with Gasteiger partial charge in [0.2, 0.25) is 15.9 Å². The van der Waals surface area contributed by atoms with Gasteiger partial charge in [-0.1, -0.05) is 17.7 Å². The number of hydrogen-bond acceptors (Lipinski definition) is 6. The number of hydrogen-bond donors (Lipinski definition) is 1. The molecule has 10 heteroatoms. The molecule has 0 unspecified atom stereocenters. The first-order chi connectivity index (χ1) is 17.3. The Balaban J connectivity index is 1.15. The number of thiazole rings is 1. The van der Waals surface area contributed by atoms with E-state index in [1.807, 2.05) is 35.2 Å². The molecule has 0 aliphatic carbocycles. The Morgan fingerprint density at radius 2 is 1.69 bits per heavy atom. The molecule has 0 atom stereocenters. The van der Waals surface area contributed by atoms with E-state index in [2.05, 4.69) is 24.4 Å². The maximum absolute atomic E-state index is 12.8. The van der Waals surface area contributed by atoms with Crippen molar-refractivity contribution >= 4 is 54.8 Å². The average molecular weight is 541 g/mol. The molecule has 1 aliphatic rings. The number of sulfonamides is 1. The summed E-state index contributed by atoms with van der Waals surface area (Å²) in [4.78, 5) is 19.5. The fourth-order valence-corrected chi connectivity index (χ4v) is 6.76. The molecule has 7 nitrogen and oxygen atoms in total. The second-order valence-electron chi connectivity index (χ2n) is 8.75. The number of piperazine rings is 1. The number of nitrogens with zero attached hydrogens (tertiary/aromatic N) is 3. The van der Waals surface area contributed by atoms with E-state index < -0.39 is 10.0 Å². The van der Waals surface area contributed by atoms with Gasteiger partial charge < -0.3 is 5.32 Å². The molecular formula is C26H25ClN4O3S2. The highest BCUT2D eigenvalue weighted by Crippen LogP contribution is 2.31. The average Bonchev–Trinajstić information content (AvgIpc) is 3.28. The third-order valence-corrected chi connectivity index (χ3v) is 9.34. The second-order valence-corrected chi connectivity index (χ2v) is 12.2. The predicted octanol–water partition coefficient (Wildman–Crippen LogP) is 4.87. The largest absolute Gasteiger partial charge is 0.325 e. The molecule has 1 aliphatic heterocycles. The van der Waals surface area contributed by atoms with Crippen LogP contribution in [0.15, 0.2) is 71.6 Å². The summed E-state index contributed by atoms with van der Waals surface area (Å²) in [6.45, 7) is 3.89. The van der Waals surface area contributed by atoms with Crippen molar-refractivity contribution in [3.63, 3.8) is 0 Å². The minimum atomic E-state index is -3.57. The summed E-state index contributed by atoms with van der Waals surface area (Å²) in [6, 6.07) is 20.1. The van der Waals surface area contributed by atoms with Gasteiger partial charge in [0.05, 0.1) is 21.7 Å². The van der Waals surface area contributed by atoms with E-state index in [1.54, 1.807) is 23.5 Å². The van der Waals surface area contributed by atoms with Crippen molar-refractivity contribution in [3.05, 3.63) is 77.3 Å². The van der Waals surface area contributed by atoms with Crippen LogP contribution in [-0.4, -0.2) is 61.2 Å². The lowest BCUT2D eigenvalue weighted by Gasteiger charge is -2.33. The van der Waals surface area contributed by atoms with Crippen molar-refractivity contribution in [2.24, 2.45) is 0 Å². The highest BCUT2D eigenvalue weighted by molar-refractivity contribution is 7.89. The second kappa shape index (κ2) is 10.3. The van der Waals surface area contributed by atoms with Crippen LogP contribution in [0, 0.1) is 6.92 Å². The lowest BCUT2D eigenvalue weighted by atomic mass is 10.2. The van der Waals surface area contributed by atoms with Crippen LogP contribution < -0.4 is 5.32 Å². The Morgan fingerprint density at radius 3 is 2.39 bits per heavy atom. The van der Waals surface area contributed by atoms with E-state index in [-0.39, 0.29) is 17.3 Å². The number of nitrogens with one attached hydrogen (secondary N) is 1. The van der Waals surface area contributed by atoms with Gasteiger partial charge in [0.25, 0.3) is 0 Å². The number of carbonyl (C=O) groups is 1. The fourth-order valence-electron chi connectivity index (χ4n) is 4.14. The van der Waals surface area contributed by atoms with Crippen LogP contribution in [-0.2, 0) is 14.8 Å². The summed E-state index contributed by atoms with van der Waals surface area (Å²) in [7, 11) is -3.57. The number of halogens is 1. The molecule has 186 valence electrons. The molecule has 36 heavy (non-hydrogen) atoms. The standard InChI is InChI=1S/C26H25ClN4O3S2/c1-18-2-11-23-24(16-18)35-26(29-23)19-3-7-21(8-4-19)28-25(32)17-30-12-14-31(15-13-30)36(33,34)22-9-5-20(27)6-10-22/h2-11,16H,12-15,17H2,1H3,(H,28,32). The van der Waals surface area contributed by atoms with Crippen molar-refractivity contribution in [2.75, 3.05) is 38.0 Å². The third-order valence-electron chi connectivity index (χ3n) is 6.11. The molecule has 1 N–H and O–H groups in total. The maximum Gasteiger partial charge on any atom is 0.243 e. The summed E-state index contributed by atoms with van der Waals surface area (Å²) in [5.74, 6) is -0.132. The summed E-state index contributed by atoms with van der Waals surface area (Å²) >= 11 is 7.52. The highest BCUT2D eigenvalue weighted by Gasteiger charge is 2.29. The molecule has 4 aromatic rings. The van der Waals surface area contributed by atoms with E-state index in [1.165, 1.54) is 22.0 Å². The summed E-state index contributed by atoms with van der Waals surface area (Å²) < 4.78 is 28.3. The lowest BCUT2D eigenvalue weighted by Crippen LogP contribution is -2.50. The van der Waals surface area contributed by atoms with Crippen LogP contribution >= 0.6 is 22.9 Å².